The Morgan fingerprint density at radius 3 is 2.57 bits per heavy atom. The van der Waals surface area contributed by atoms with Gasteiger partial charge in [0.1, 0.15) is 0 Å². The highest BCUT2D eigenvalue weighted by Gasteiger charge is 2.01. The zero-order chi connectivity index (χ0) is 10.8. The Kier molecular flexibility index (Phi) is 8.64. The van der Waals surface area contributed by atoms with E-state index < -0.39 is 0 Å². The number of carbonyl (C=O) groups is 1. The van der Waals surface area contributed by atoms with E-state index in [0.717, 1.165) is 32.4 Å². The smallest absolute Gasteiger partial charge is 0.220 e. The number of rotatable bonds is 8. The van der Waals surface area contributed by atoms with Crippen LogP contribution < -0.4 is 5.32 Å². The van der Waals surface area contributed by atoms with Crippen LogP contribution in [0.2, 0.25) is 0 Å². The summed E-state index contributed by atoms with van der Waals surface area (Å²) in [7, 11) is 1.70. The Bertz CT molecular complexity index is 146. The molecule has 1 N–H and O–H groups in total. The van der Waals surface area contributed by atoms with Crippen LogP contribution in [0, 0.1) is 5.92 Å². The van der Waals surface area contributed by atoms with E-state index >= 15 is 0 Å². The fraction of sp³-hybridized carbons (Fsp3) is 0.909. The second-order valence-corrected chi connectivity index (χ2v) is 4.00. The van der Waals surface area contributed by atoms with Gasteiger partial charge in [-0.1, -0.05) is 20.3 Å². The molecule has 0 saturated heterocycles. The number of carbonyl (C=O) groups excluding carboxylic acids is 1. The highest BCUT2D eigenvalue weighted by molar-refractivity contribution is 5.75. The van der Waals surface area contributed by atoms with Crippen molar-refractivity contribution in [3.8, 4) is 0 Å². The first-order valence-corrected chi connectivity index (χ1v) is 5.42. The SMILES string of the molecule is COCCCCCC(=O)NCC(C)C. The number of amides is 1. The van der Waals surface area contributed by atoms with Gasteiger partial charge in [0.25, 0.3) is 0 Å². The number of methoxy groups -OCH3 is 1. The van der Waals surface area contributed by atoms with Crippen molar-refractivity contribution in [1.29, 1.82) is 0 Å². The maximum Gasteiger partial charge on any atom is 0.220 e. The van der Waals surface area contributed by atoms with Crippen molar-refractivity contribution in [3.63, 3.8) is 0 Å². The predicted octanol–water partition coefficient (Wildman–Crippen LogP) is 1.97. The third kappa shape index (κ3) is 9.52. The van der Waals surface area contributed by atoms with Gasteiger partial charge < -0.3 is 10.1 Å². The Hall–Kier alpha value is -0.570. The monoisotopic (exact) mass is 201 g/mol. The Balaban J connectivity index is 3.18. The highest BCUT2D eigenvalue weighted by Crippen LogP contribution is 2.00. The molecule has 0 radical (unpaired) electrons. The van der Waals surface area contributed by atoms with Crippen molar-refractivity contribution < 1.29 is 9.53 Å². The molecule has 0 saturated carbocycles. The van der Waals surface area contributed by atoms with Crippen molar-refractivity contribution in [2.75, 3.05) is 20.3 Å². The van der Waals surface area contributed by atoms with Crippen molar-refractivity contribution in [2.45, 2.75) is 39.5 Å². The number of ether oxygens (including phenoxy) is 1. The molecule has 0 fully saturated rings. The zero-order valence-corrected chi connectivity index (χ0v) is 9.64. The maximum absolute atomic E-state index is 11.2. The molecule has 0 heterocycles. The van der Waals surface area contributed by atoms with Gasteiger partial charge in [0.2, 0.25) is 5.91 Å². The topological polar surface area (TPSA) is 38.3 Å². The van der Waals surface area contributed by atoms with Gasteiger partial charge in [0.15, 0.2) is 0 Å². The third-order valence-corrected chi connectivity index (χ3v) is 1.96. The van der Waals surface area contributed by atoms with Crippen LogP contribution in [-0.2, 0) is 9.53 Å². The van der Waals surface area contributed by atoms with E-state index in [1.54, 1.807) is 7.11 Å². The summed E-state index contributed by atoms with van der Waals surface area (Å²) in [6.45, 7) is 5.78. The van der Waals surface area contributed by atoms with E-state index in [1.165, 1.54) is 0 Å². The number of hydrogen-bond acceptors (Lipinski definition) is 2. The lowest BCUT2D eigenvalue weighted by atomic mass is 10.2. The van der Waals surface area contributed by atoms with Gasteiger partial charge in [-0.25, -0.2) is 0 Å². The fourth-order valence-corrected chi connectivity index (χ4v) is 1.12. The summed E-state index contributed by atoms with van der Waals surface area (Å²) in [5.41, 5.74) is 0. The molecule has 14 heavy (non-hydrogen) atoms. The molecule has 0 aromatic rings. The van der Waals surface area contributed by atoms with Gasteiger partial charge in [-0.05, 0) is 18.8 Å². The van der Waals surface area contributed by atoms with Crippen LogP contribution in [0.1, 0.15) is 39.5 Å². The molecular formula is C11H23NO2. The van der Waals surface area contributed by atoms with Crippen LogP contribution in [-0.4, -0.2) is 26.2 Å². The summed E-state index contributed by atoms with van der Waals surface area (Å²) in [5, 5.41) is 2.90. The first kappa shape index (κ1) is 13.4. The third-order valence-electron chi connectivity index (χ3n) is 1.96. The first-order valence-electron chi connectivity index (χ1n) is 5.42. The summed E-state index contributed by atoms with van der Waals surface area (Å²) in [6, 6.07) is 0. The van der Waals surface area contributed by atoms with Gasteiger partial charge >= 0.3 is 0 Å². The summed E-state index contributed by atoms with van der Waals surface area (Å²) in [6.07, 6.45) is 3.74. The van der Waals surface area contributed by atoms with Crippen molar-refractivity contribution in [2.24, 2.45) is 5.92 Å². The van der Waals surface area contributed by atoms with Crippen molar-refractivity contribution in [3.05, 3.63) is 0 Å². The average Bonchev–Trinajstić information content (AvgIpc) is 2.14. The van der Waals surface area contributed by atoms with Gasteiger partial charge in [-0.15, -0.1) is 0 Å². The lowest BCUT2D eigenvalue weighted by Gasteiger charge is -2.07. The molecule has 0 spiro atoms. The quantitative estimate of drug-likeness (QED) is 0.610. The Labute approximate surface area is 87.2 Å². The molecule has 1 amide bonds. The minimum Gasteiger partial charge on any atom is -0.385 e. The molecule has 0 atom stereocenters. The summed E-state index contributed by atoms with van der Waals surface area (Å²) >= 11 is 0. The summed E-state index contributed by atoms with van der Waals surface area (Å²) < 4.78 is 4.93. The normalized spacial score (nSPS) is 10.6. The van der Waals surface area contributed by atoms with Crippen LogP contribution >= 0.6 is 0 Å². The van der Waals surface area contributed by atoms with E-state index in [4.69, 9.17) is 4.74 Å². The molecule has 0 bridgehead atoms. The van der Waals surface area contributed by atoms with Gasteiger partial charge in [-0.3, -0.25) is 4.79 Å². The molecule has 0 aliphatic heterocycles. The van der Waals surface area contributed by atoms with E-state index in [2.05, 4.69) is 19.2 Å². The van der Waals surface area contributed by atoms with Crippen LogP contribution in [0.4, 0.5) is 0 Å². The molecule has 0 rings (SSSR count). The second-order valence-electron chi connectivity index (χ2n) is 4.00. The predicted molar refractivity (Wildman–Crippen MR) is 58.2 cm³/mol. The molecule has 84 valence electrons. The van der Waals surface area contributed by atoms with Gasteiger partial charge in [-0.2, -0.15) is 0 Å². The Morgan fingerprint density at radius 2 is 2.00 bits per heavy atom. The standard InChI is InChI=1S/C11H23NO2/c1-10(2)9-12-11(13)7-5-4-6-8-14-3/h10H,4-9H2,1-3H3,(H,12,13). The minimum absolute atomic E-state index is 0.177. The fourth-order valence-electron chi connectivity index (χ4n) is 1.12. The largest absolute Gasteiger partial charge is 0.385 e. The van der Waals surface area contributed by atoms with Crippen LogP contribution in [0.15, 0.2) is 0 Å². The number of nitrogens with one attached hydrogen (secondary N) is 1. The second kappa shape index (κ2) is 9.00. The maximum atomic E-state index is 11.2. The average molecular weight is 201 g/mol. The van der Waals surface area contributed by atoms with Crippen LogP contribution in [0.25, 0.3) is 0 Å². The lowest BCUT2D eigenvalue weighted by molar-refractivity contribution is -0.121. The van der Waals surface area contributed by atoms with Crippen LogP contribution in [0.5, 0.6) is 0 Å². The van der Waals surface area contributed by atoms with Gasteiger partial charge in [0.05, 0.1) is 0 Å². The van der Waals surface area contributed by atoms with Gasteiger partial charge in [0, 0.05) is 26.7 Å². The first-order chi connectivity index (χ1) is 6.66. The molecule has 0 unspecified atom stereocenters. The van der Waals surface area contributed by atoms with E-state index in [9.17, 15) is 4.79 Å². The van der Waals surface area contributed by atoms with Crippen molar-refractivity contribution in [1.82, 2.24) is 5.32 Å². The molecule has 3 nitrogen and oxygen atoms in total. The number of hydrogen-bond donors (Lipinski definition) is 1. The van der Waals surface area contributed by atoms with Crippen molar-refractivity contribution >= 4 is 5.91 Å². The Morgan fingerprint density at radius 1 is 1.29 bits per heavy atom. The minimum atomic E-state index is 0.177. The van der Waals surface area contributed by atoms with E-state index in [0.29, 0.717) is 12.3 Å². The molecular weight excluding hydrogens is 178 g/mol. The molecule has 0 aliphatic rings. The summed E-state index contributed by atoms with van der Waals surface area (Å²) in [5.74, 6) is 0.712. The molecule has 3 heteroatoms. The molecule has 0 aromatic carbocycles. The van der Waals surface area contributed by atoms with Crippen LogP contribution in [0.3, 0.4) is 0 Å². The molecule has 0 aromatic heterocycles. The van der Waals surface area contributed by atoms with E-state index in [1.807, 2.05) is 0 Å². The van der Waals surface area contributed by atoms with E-state index in [-0.39, 0.29) is 5.91 Å². The lowest BCUT2D eigenvalue weighted by Crippen LogP contribution is -2.26. The highest BCUT2D eigenvalue weighted by atomic mass is 16.5. The summed E-state index contributed by atoms with van der Waals surface area (Å²) in [4.78, 5) is 11.2. The number of unbranched alkanes of at least 4 members (excludes halogenated alkanes) is 2. The zero-order valence-electron chi connectivity index (χ0n) is 9.64. The molecule has 0 aliphatic carbocycles.